The number of nitrogens with zero attached hydrogens (tertiary/aromatic N) is 1. The van der Waals surface area contributed by atoms with Crippen LogP contribution < -0.4 is 19.7 Å². The number of nitrogens with one attached hydrogen (secondary N) is 1. The molecule has 142 valence electrons. The minimum atomic E-state index is -0.510. The lowest BCUT2D eigenvalue weighted by molar-refractivity contribution is 0.215. The summed E-state index contributed by atoms with van der Waals surface area (Å²) in [5, 5.41) is 2.72. The predicted octanol–water partition coefficient (Wildman–Crippen LogP) is 4.87. The predicted molar refractivity (Wildman–Crippen MR) is 110 cm³/mol. The van der Waals surface area contributed by atoms with Crippen LogP contribution in [0.2, 0.25) is 0 Å². The number of ether oxygens (including phenoxy) is 2. The van der Waals surface area contributed by atoms with E-state index in [4.69, 9.17) is 9.47 Å². The molecule has 0 bridgehead atoms. The Balaban J connectivity index is 1.39. The molecular weight excluding hydrogens is 352 g/mol. The molecule has 0 radical (unpaired) electrons. The van der Waals surface area contributed by atoms with Gasteiger partial charge in [-0.05, 0) is 60.0 Å². The first-order valence-electron chi connectivity index (χ1n) is 9.26. The number of hydrogen-bond donors (Lipinski definition) is 1. The second-order valence-corrected chi connectivity index (χ2v) is 6.69. The highest BCUT2D eigenvalue weighted by atomic mass is 16.6. The summed E-state index contributed by atoms with van der Waals surface area (Å²) in [6, 6.07) is 23.4. The highest BCUT2D eigenvalue weighted by molar-refractivity contribution is 5.86. The van der Waals surface area contributed by atoms with Crippen LogP contribution in [0.25, 0.3) is 0 Å². The molecule has 5 nitrogen and oxygen atoms in total. The second-order valence-electron chi connectivity index (χ2n) is 6.69. The first kappa shape index (κ1) is 17.9. The van der Waals surface area contributed by atoms with E-state index >= 15 is 0 Å². The van der Waals surface area contributed by atoms with Crippen molar-refractivity contribution in [3.63, 3.8) is 0 Å². The molecule has 3 aromatic carbocycles. The number of rotatable bonds is 5. The maximum atomic E-state index is 12.2. The van der Waals surface area contributed by atoms with Gasteiger partial charge < -0.3 is 14.4 Å². The Morgan fingerprint density at radius 1 is 1.00 bits per heavy atom. The smallest absolute Gasteiger partial charge is 0.417 e. The maximum Gasteiger partial charge on any atom is 0.417 e. The Morgan fingerprint density at radius 3 is 2.50 bits per heavy atom. The van der Waals surface area contributed by atoms with E-state index in [9.17, 15) is 4.79 Å². The fourth-order valence-corrected chi connectivity index (χ4v) is 3.40. The molecule has 0 saturated carbocycles. The van der Waals surface area contributed by atoms with Crippen molar-refractivity contribution in [3.05, 3.63) is 83.9 Å². The quantitative estimate of drug-likeness (QED) is 0.692. The lowest BCUT2D eigenvalue weighted by Crippen LogP contribution is -2.19. The molecule has 0 fully saturated rings. The molecule has 1 N–H and O–H groups in total. The van der Waals surface area contributed by atoms with Crippen LogP contribution in [0.15, 0.2) is 72.8 Å². The third kappa shape index (κ3) is 4.09. The van der Waals surface area contributed by atoms with Gasteiger partial charge in [0.15, 0.2) is 0 Å². The van der Waals surface area contributed by atoms with Crippen molar-refractivity contribution in [3.8, 4) is 11.5 Å². The Labute approximate surface area is 164 Å². The molecule has 0 saturated heterocycles. The molecule has 0 atom stereocenters. The van der Waals surface area contributed by atoms with E-state index < -0.39 is 6.09 Å². The van der Waals surface area contributed by atoms with Crippen LogP contribution in [0.1, 0.15) is 11.1 Å². The highest BCUT2D eigenvalue weighted by Crippen LogP contribution is 2.32. The molecule has 0 unspecified atom stereocenters. The zero-order chi connectivity index (χ0) is 19.3. The van der Waals surface area contributed by atoms with Crippen LogP contribution in [0.4, 0.5) is 16.2 Å². The van der Waals surface area contributed by atoms with Crippen LogP contribution >= 0.6 is 0 Å². The van der Waals surface area contributed by atoms with Gasteiger partial charge in [0, 0.05) is 24.5 Å². The number of carbonyl (C=O) groups excluding carboxylic acids is 1. The molecule has 3 aromatic rings. The number of hydrogen-bond acceptors (Lipinski definition) is 4. The van der Waals surface area contributed by atoms with E-state index in [1.807, 2.05) is 24.3 Å². The number of amides is 1. The van der Waals surface area contributed by atoms with Crippen LogP contribution in [0, 0.1) is 0 Å². The van der Waals surface area contributed by atoms with Gasteiger partial charge in [-0.2, -0.15) is 0 Å². The summed E-state index contributed by atoms with van der Waals surface area (Å²) in [5.41, 5.74) is 4.34. The fraction of sp³-hybridized carbons (Fsp3) is 0.174. The van der Waals surface area contributed by atoms with E-state index in [2.05, 4.69) is 34.5 Å². The van der Waals surface area contributed by atoms with Crippen LogP contribution in [-0.2, 0) is 13.0 Å². The van der Waals surface area contributed by atoms with Crippen molar-refractivity contribution in [2.24, 2.45) is 0 Å². The highest BCUT2D eigenvalue weighted by Gasteiger charge is 2.20. The summed E-state index contributed by atoms with van der Waals surface area (Å²) in [4.78, 5) is 14.5. The second kappa shape index (κ2) is 8.05. The first-order valence-corrected chi connectivity index (χ1v) is 9.26. The summed E-state index contributed by atoms with van der Waals surface area (Å²) in [6.45, 7) is 1.84. The summed E-state index contributed by atoms with van der Waals surface area (Å²) in [7, 11) is 1.60. The molecule has 0 aliphatic carbocycles. The van der Waals surface area contributed by atoms with Gasteiger partial charge in [0.1, 0.15) is 11.5 Å². The van der Waals surface area contributed by atoms with Crippen molar-refractivity contribution in [1.82, 2.24) is 0 Å². The van der Waals surface area contributed by atoms with E-state index in [0.29, 0.717) is 11.4 Å². The Hall–Kier alpha value is -3.47. The average molecular weight is 374 g/mol. The van der Waals surface area contributed by atoms with E-state index in [1.54, 1.807) is 31.4 Å². The standard InChI is InChI=1S/C23H22N2O3/c1-27-20-9-7-19(8-10-20)24-23(26)28-21-11-12-22-18(15-21)13-14-25(22)16-17-5-3-2-4-6-17/h2-12,15H,13-14,16H2,1H3,(H,24,26). The van der Waals surface area contributed by atoms with Gasteiger partial charge in [-0.1, -0.05) is 30.3 Å². The Kier molecular flexibility index (Phi) is 5.15. The topological polar surface area (TPSA) is 50.8 Å². The number of methoxy groups -OCH3 is 1. The molecule has 4 rings (SSSR count). The van der Waals surface area contributed by atoms with Crippen LogP contribution in [0.3, 0.4) is 0 Å². The average Bonchev–Trinajstić information content (AvgIpc) is 3.11. The van der Waals surface area contributed by atoms with Crippen molar-refractivity contribution < 1.29 is 14.3 Å². The Morgan fingerprint density at radius 2 is 1.75 bits per heavy atom. The lowest BCUT2D eigenvalue weighted by Gasteiger charge is -2.19. The Bertz CT molecular complexity index is 955. The van der Waals surface area contributed by atoms with Gasteiger partial charge in [0.25, 0.3) is 0 Å². The van der Waals surface area contributed by atoms with Crippen molar-refractivity contribution >= 4 is 17.5 Å². The summed E-state index contributed by atoms with van der Waals surface area (Å²) < 4.78 is 10.6. The van der Waals surface area contributed by atoms with Crippen molar-refractivity contribution in [2.45, 2.75) is 13.0 Å². The van der Waals surface area contributed by atoms with Crippen LogP contribution in [-0.4, -0.2) is 19.7 Å². The first-order chi connectivity index (χ1) is 13.7. The van der Waals surface area contributed by atoms with E-state index in [-0.39, 0.29) is 0 Å². The third-order valence-corrected chi connectivity index (χ3v) is 4.81. The molecule has 28 heavy (non-hydrogen) atoms. The van der Waals surface area contributed by atoms with Crippen molar-refractivity contribution in [1.29, 1.82) is 0 Å². The normalized spacial score (nSPS) is 12.4. The summed E-state index contributed by atoms with van der Waals surface area (Å²) in [6.07, 6.45) is 0.434. The van der Waals surface area contributed by atoms with Gasteiger partial charge in [0.05, 0.1) is 7.11 Å². The monoisotopic (exact) mass is 374 g/mol. The SMILES string of the molecule is COc1ccc(NC(=O)Oc2ccc3c(c2)CCN3Cc2ccccc2)cc1. The van der Waals surface area contributed by atoms with Crippen molar-refractivity contribution in [2.75, 3.05) is 23.9 Å². The molecule has 0 aromatic heterocycles. The molecule has 1 heterocycles. The van der Waals surface area contributed by atoms with Gasteiger partial charge in [-0.3, -0.25) is 5.32 Å². The largest absolute Gasteiger partial charge is 0.497 e. The van der Waals surface area contributed by atoms with E-state index in [1.165, 1.54) is 16.8 Å². The van der Waals surface area contributed by atoms with E-state index in [0.717, 1.165) is 25.3 Å². The van der Waals surface area contributed by atoms with Gasteiger partial charge >= 0.3 is 6.09 Å². The molecule has 5 heteroatoms. The molecule has 1 aliphatic heterocycles. The fourth-order valence-electron chi connectivity index (χ4n) is 3.40. The molecule has 1 aliphatic rings. The van der Waals surface area contributed by atoms with Gasteiger partial charge in [-0.25, -0.2) is 4.79 Å². The zero-order valence-electron chi connectivity index (χ0n) is 15.7. The third-order valence-electron chi connectivity index (χ3n) is 4.81. The molecule has 1 amide bonds. The number of anilines is 2. The van der Waals surface area contributed by atoms with Gasteiger partial charge in [0.2, 0.25) is 0 Å². The minimum Gasteiger partial charge on any atom is -0.497 e. The number of fused-ring (bicyclic) bond motifs is 1. The molecule has 0 spiro atoms. The maximum absolute atomic E-state index is 12.2. The summed E-state index contributed by atoms with van der Waals surface area (Å²) >= 11 is 0. The zero-order valence-corrected chi connectivity index (χ0v) is 15.7. The molecular formula is C23H22N2O3. The lowest BCUT2D eigenvalue weighted by atomic mass is 10.1. The van der Waals surface area contributed by atoms with Crippen LogP contribution in [0.5, 0.6) is 11.5 Å². The number of carbonyl (C=O) groups is 1. The minimum absolute atomic E-state index is 0.510. The van der Waals surface area contributed by atoms with Gasteiger partial charge in [-0.15, -0.1) is 0 Å². The summed E-state index contributed by atoms with van der Waals surface area (Å²) in [5.74, 6) is 1.28. The number of benzene rings is 3.